The van der Waals surface area contributed by atoms with E-state index in [9.17, 15) is 13.2 Å². The van der Waals surface area contributed by atoms with Crippen molar-refractivity contribution >= 4 is 21.6 Å². The summed E-state index contributed by atoms with van der Waals surface area (Å²) in [5.41, 5.74) is 0.390. The molecule has 0 bridgehead atoms. The standard InChI is InChI=1S/C21H35N3O4S/c1-6-24(7-2)29(26,27)18-11-12-20(28-16(3)4)19(14-18)22-21(25)15-23-13-9-8-10-17(23)5/h11-12,14,16-17H,6-10,13,15H2,1-5H3,(H,22,25)/t17-/m0/s1. The van der Waals surface area contributed by atoms with E-state index in [0.29, 0.717) is 30.6 Å². The second-order valence-corrected chi connectivity index (χ2v) is 9.72. The van der Waals surface area contributed by atoms with Crippen LogP contribution in [0.4, 0.5) is 5.69 Å². The van der Waals surface area contributed by atoms with Crippen LogP contribution in [-0.4, -0.2) is 61.9 Å². The Morgan fingerprint density at radius 2 is 1.97 bits per heavy atom. The van der Waals surface area contributed by atoms with Gasteiger partial charge in [-0.15, -0.1) is 0 Å². The van der Waals surface area contributed by atoms with Gasteiger partial charge in [-0.25, -0.2) is 8.42 Å². The predicted molar refractivity (Wildman–Crippen MR) is 116 cm³/mol. The van der Waals surface area contributed by atoms with E-state index in [2.05, 4.69) is 17.1 Å². The number of likely N-dealkylation sites (tertiary alicyclic amines) is 1. The Morgan fingerprint density at radius 1 is 1.28 bits per heavy atom. The van der Waals surface area contributed by atoms with Crippen LogP contribution in [0.15, 0.2) is 23.1 Å². The molecule has 1 aromatic rings. The number of rotatable bonds is 9. The highest BCUT2D eigenvalue weighted by Crippen LogP contribution is 2.30. The number of nitrogens with zero attached hydrogens (tertiary/aromatic N) is 2. The van der Waals surface area contributed by atoms with E-state index in [1.165, 1.54) is 22.9 Å². The van der Waals surface area contributed by atoms with E-state index < -0.39 is 10.0 Å². The Bertz CT molecular complexity index is 791. The van der Waals surface area contributed by atoms with Crippen molar-refractivity contribution in [3.8, 4) is 5.75 Å². The lowest BCUT2D eigenvalue weighted by molar-refractivity contribution is -0.118. The van der Waals surface area contributed by atoms with Crippen LogP contribution in [-0.2, 0) is 14.8 Å². The molecule has 1 N–H and O–H groups in total. The zero-order valence-corrected chi connectivity index (χ0v) is 19.1. The predicted octanol–water partition coefficient (Wildman–Crippen LogP) is 3.32. The van der Waals surface area contributed by atoms with E-state index in [1.807, 2.05) is 13.8 Å². The molecule has 7 nitrogen and oxygen atoms in total. The molecular weight excluding hydrogens is 390 g/mol. The molecule has 0 unspecified atom stereocenters. The van der Waals surface area contributed by atoms with Crippen LogP contribution in [0.1, 0.15) is 53.9 Å². The molecule has 0 aromatic heterocycles. The van der Waals surface area contributed by atoms with Crippen molar-refractivity contribution in [2.24, 2.45) is 0 Å². The van der Waals surface area contributed by atoms with Gasteiger partial charge in [-0.3, -0.25) is 9.69 Å². The minimum absolute atomic E-state index is 0.0991. The van der Waals surface area contributed by atoms with E-state index in [1.54, 1.807) is 19.9 Å². The maximum atomic E-state index is 12.9. The molecular formula is C21H35N3O4S. The second-order valence-electron chi connectivity index (χ2n) is 7.78. The summed E-state index contributed by atoms with van der Waals surface area (Å²) in [6, 6.07) is 5.03. The Morgan fingerprint density at radius 3 is 2.55 bits per heavy atom. The zero-order valence-electron chi connectivity index (χ0n) is 18.3. The van der Waals surface area contributed by atoms with Crippen molar-refractivity contribution in [2.45, 2.75) is 70.9 Å². The Labute approximate surface area is 175 Å². The molecule has 29 heavy (non-hydrogen) atoms. The number of carbonyl (C=O) groups is 1. The van der Waals surface area contributed by atoms with Crippen LogP contribution >= 0.6 is 0 Å². The lowest BCUT2D eigenvalue weighted by Gasteiger charge is -2.32. The zero-order chi connectivity index (χ0) is 21.6. The van der Waals surface area contributed by atoms with Gasteiger partial charge in [0.2, 0.25) is 15.9 Å². The van der Waals surface area contributed by atoms with Crippen molar-refractivity contribution < 1.29 is 17.9 Å². The molecule has 0 radical (unpaired) electrons. The summed E-state index contributed by atoms with van der Waals surface area (Å²) < 4.78 is 33.0. The number of hydrogen-bond acceptors (Lipinski definition) is 5. The van der Waals surface area contributed by atoms with Crippen LogP contribution in [0, 0.1) is 0 Å². The highest BCUT2D eigenvalue weighted by Gasteiger charge is 2.25. The fourth-order valence-corrected chi connectivity index (χ4v) is 5.09. The van der Waals surface area contributed by atoms with Crippen molar-refractivity contribution in [3.63, 3.8) is 0 Å². The third-order valence-corrected chi connectivity index (χ3v) is 7.26. The summed E-state index contributed by atoms with van der Waals surface area (Å²) in [6.45, 7) is 11.5. The molecule has 8 heteroatoms. The average molecular weight is 426 g/mol. The first kappa shape index (κ1) is 23.6. The maximum Gasteiger partial charge on any atom is 0.243 e. The molecule has 1 saturated heterocycles. The first-order chi connectivity index (χ1) is 13.7. The maximum absolute atomic E-state index is 12.9. The van der Waals surface area contributed by atoms with Gasteiger partial charge in [-0.05, 0) is 58.4 Å². The number of piperidine rings is 1. The lowest BCUT2D eigenvalue weighted by Crippen LogP contribution is -2.42. The number of ether oxygens (including phenoxy) is 1. The Balaban J connectivity index is 2.28. The Kier molecular flexibility index (Phi) is 8.48. The van der Waals surface area contributed by atoms with Crippen molar-refractivity contribution in [1.82, 2.24) is 9.21 Å². The highest BCUT2D eigenvalue weighted by molar-refractivity contribution is 7.89. The van der Waals surface area contributed by atoms with E-state index >= 15 is 0 Å². The normalized spacial score (nSPS) is 18.2. The van der Waals surface area contributed by atoms with E-state index in [4.69, 9.17) is 4.74 Å². The summed E-state index contributed by atoms with van der Waals surface area (Å²) in [7, 11) is -3.62. The molecule has 1 fully saturated rings. The van der Waals surface area contributed by atoms with Crippen LogP contribution in [0.3, 0.4) is 0 Å². The lowest BCUT2D eigenvalue weighted by atomic mass is 10.0. The fraction of sp³-hybridized carbons (Fsp3) is 0.667. The molecule has 0 aliphatic carbocycles. The molecule has 1 aliphatic rings. The SMILES string of the molecule is CCN(CC)S(=O)(=O)c1ccc(OC(C)C)c(NC(=O)CN2CCCC[C@@H]2C)c1. The van der Waals surface area contributed by atoms with Gasteiger partial charge in [0.1, 0.15) is 5.75 Å². The molecule has 0 saturated carbocycles. The third kappa shape index (κ3) is 6.17. The van der Waals surface area contributed by atoms with Crippen molar-refractivity contribution in [3.05, 3.63) is 18.2 Å². The van der Waals surface area contributed by atoms with Gasteiger partial charge in [0, 0.05) is 19.1 Å². The summed E-state index contributed by atoms with van der Waals surface area (Å²) in [5.74, 6) is 0.309. The second kappa shape index (κ2) is 10.4. The number of benzene rings is 1. The van der Waals surface area contributed by atoms with Crippen LogP contribution < -0.4 is 10.1 Å². The van der Waals surface area contributed by atoms with E-state index in [-0.39, 0.29) is 23.5 Å². The summed E-state index contributed by atoms with van der Waals surface area (Å²) >= 11 is 0. The molecule has 164 valence electrons. The number of amides is 1. The number of hydrogen-bond donors (Lipinski definition) is 1. The average Bonchev–Trinajstić information content (AvgIpc) is 2.65. The first-order valence-electron chi connectivity index (χ1n) is 10.5. The largest absolute Gasteiger partial charge is 0.489 e. The topological polar surface area (TPSA) is 79.0 Å². The quantitative estimate of drug-likeness (QED) is 0.657. The number of sulfonamides is 1. The summed E-state index contributed by atoms with van der Waals surface area (Å²) in [4.78, 5) is 15.0. The van der Waals surface area contributed by atoms with Gasteiger partial charge < -0.3 is 10.1 Å². The van der Waals surface area contributed by atoms with Gasteiger partial charge in [-0.1, -0.05) is 20.3 Å². The van der Waals surface area contributed by atoms with Gasteiger partial charge >= 0.3 is 0 Å². The van der Waals surface area contributed by atoms with Gasteiger partial charge in [0.15, 0.2) is 0 Å². The number of nitrogens with one attached hydrogen (secondary N) is 1. The van der Waals surface area contributed by atoms with Crippen LogP contribution in [0.25, 0.3) is 0 Å². The Hall–Kier alpha value is -1.64. The third-order valence-electron chi connectivity index (χ3n) is 5.22. The van der Waals surface area contributed by atoms with E-state index in [0.717, 1.165) is 19.4 Å². The van der Waals surface area contributed by atoms with Gasteiger partial charge in [0.05, 0.1) is 23.2 Å². The number of carbonyl (C=O) groups excluding carboxylic acids is 1. The minimum atomic E-state index is -3.62. The molecule has 1 aliphatic heterocycles. The minimum Gasteiger partial charge on any atom is -0.489 e. The fourth-order valence-electron chi connectivity index (χ4n) is 3.60. The molecule has 0 spiro atoms. The highest BCUT2D eigenvalue weighted by atomic mass is 32.2. The summed E-state index contributed by atoms with van der Waals surface area (Å²) in [5, 5.41) is 2.88. The number of anilines is 1. The first-order valence-corrected chi connectivity index (χ1v) is 12.0. The molecule has 1 heterocycles. The van der Waals surface area contributed by atoms with Crippen LogP contribution in [0.5, 0.6) is 5.75 Å². The van der Waals surface area contributed by atoms with Crippen molar-refractivity contribution in [1.29, 1.82) is 0 Å². The molecule has 2 rings (SSSR count). The van der Waals surface area contributed by atoms with Gasteiger partial charge in [0.25, 0.3) is 0 Å². The smallest absolute Gasteiger partial charge is 0.243 e. The van der Waals surface area contributed by atoms with Gasteiger partial charge in [-0.2, -0.15) is 4.31 Å². The van der Waals surface area contributed by atoms with Crippen LogP contribution in [0.2, 0.25) is 0 Å². The molecule has 1 atom stereocenters. The molecule has 1 amide bonds. The molecule has 1 aromatic carbocycles. The summed E-state index contributed by atoms with van der Waals surface area (Å²) in [6.07, 6.45) is 3.28. The van der Waals surface area contributed by atoms with Crippen molar-refractivity contribution in [2.75, 3.05) is 31.5 Å². The monoisotopic (exact) mass is 425 g/mol.